The number of nitrogens with zero attached hydrogens (tertiary/aromatic N) is 1. The highest BCUT2D eigenvalue weighted by atomic mass is 79.9. The van der Waals surface area contributed by atoms with Crippen LogP contribution in [0.15, 0.2) is 105 Å². The summed E-state index contributed by atoms with van der Waals surface area (Å²) in [4.78, 5) is 17.7. The van der Waals surface area contributed by atoms with E-state index in [0.29, 0.717) is 57.9 Å². The number of hydrogen-bond donors (Lipinski definition) is 1. The number of nitrogens with one attached hydrogen (secondary N) is 1. The van der Waals surface area contributed by atoms with Crippen LogP contribution < -0.4 is 19.5 Å². The van der Waals surface area contributed by atoms with Gasteiger partial charge in [0.25, 0.3) is 5.91 Å². The summed E-state index contributed by atoms with van der Waals surface area (Å²) in [5, 5.41) is 3.94. The van der Waals surface area contributed by atoms with Gasteiger partial charge in [-0.3, -0.25) is 4.79 Å². The highest BCUT2D eigenvalue weighted by Crippen LogP contribution is 2.34. The Labute approximate surface area is 256 Å². The van der Waals surface area contributed by atoms with Crippen LogP contribution in [0.2, 0.25) is 5.02 Å². The third kappa shape index (κ3) is 7.94. The van der Waals surface area contributed by atoms with Gasteiger partial charge in [-0.1, -0.05) is 63.9 Å². The number of ether oxygens (including phenoxy) is 3. The standard InChI is InChI=1S/C32H26BrClN2O4S/c1-2-38-29-16-22(8-14-28(29)40-19-21-6-4-3-5-7-21)20-39-27-15-9-24(33)17-23(27)18-30-31(37)36-32(41-30)35-26-12-10-25(34)11-13-26/h3-18H,2,19-20H2,1H3,(H,35,36,37)/b30-18+. The topological polar surface area (TPSA) is 69.2 Å². The van der Waals surface area contributed by atoms with Crippen molar-refractivity contribution >= 4 is 62.1 Å². The van der Waals surface area contributed by atoms with Gasteiger partial charge in [-0.25, -0.2) is 4.99 Å². The number of aliphatic imine (C=N–C) groups is 1. The Morgan fingerprint density at radius 2 is 1.59 bits per heavy atom. The Bertz CT molecular complexity index is 1590. The monoisotopic (exact) mass is 648 g/mol. The van der Waals surface area contributed by atoms with Crippen LogP contribution in [-0.2, 0) is 18.0 Å². The minimum absolute atomic E-state index is 0.221. The summed E-state index contributed by atoms with van der Waals surface area (Å²) >= 11 is 10.8. The van der Waals surface area contributed by atoms with E-state index in [0.717, 1.165) is 21.2 Å². The van der Waals surface area contributed by atoms with Crippen molar-refractivity contribution in [3.8, 4) is 17.2 Å². The van der Waals surface area contributed by atoms with Gasteiger partial charge < -0.3 is 19.5 Å². The van der Waals surface area contributed by atoms with Crippen LogP contribution in [-0.4, -0.2) is 17.7 Å². The average molecular weight is 650 g/mol. The molecule has 0 atom stereocenters. The fraction of sp³-hybridized carbons (Fsp3) is 0.125. The Hall–Kier alpha value is -3.72. The number of thioether (sulfide) groups is 1. The molecule has 4 aromatic carbocycles. The van der Waals surface area contributed by atoms with E-state index in [9.17, 15) is 4.79 Å². The molecule has 1 aliphatic rings. The first kappa shape index (κ1) is 28.8. The van der Waals surface area contributed by atoms with Gasteiger partial charge in [-0.05, 0) is 90.5 Å². The molecule has 0 aromatic heterocycles. The summed E-state index contributed by atoms with van der Waals surface area (Å²) in [5.41, 5.74) is 3.47. The van der Waals surface area contributed by atoms with E-state index in [-0.39, 0.29) is 5.91 Å². The molecule has 0 radical (unpaired) electrons. The lowest BCUT2D eigenvalue weighted by Crippen LogP contribution is -2.19. The third-order valence-corrected chi connectivity index (χ3v) is 7.56. The van der Waals surface area contributed by atoms with Gasteiger partial charge >= 0.3 is 0 Å². The van der Waals surface area contributed by atoms with Crippen molar-refractivity contribution in [2.75, 3.05) is 6.61 Å². The number of benzene rings is 4. The molecule has 0 spiro atoms. The maximum Gasteiger partial charge on any atom is 0.264 e. The van der Waals surface area contributed by atoms with Gasteiger partial charge in [-0.15, -0.1) is 0 Å². The normalized spacial score (nSPS) is 14.8. The van der Waals surface area contributed by atoms with Gasteiger partial charge in [0, 0.05) is 15.1 Å². The summed E-state index contributed by atoms with van der Waals surface area (Å²) in [5.74, 6) is 1.75. The third-order valence-electron chi connectivity index (χ3n) is 5.91. The van der Waals surface area contributed by atoms with Crippen molar-refractivity contribution in [3.63, 3.8) is 0 Å². The molecule has 4 aromatic rings. The molecule has 6 nitrogen and oxygen atoms in total. The van der Waals surface area contributed by atoms with Gasteiger partial charge in [-0.2, -0.15) is 0 Å². The molecule has 1 saturated heterocycles. The fourth-order valence-electron chi connectivity index (χ4n) is 3.94. The predicted octanol–water partition coefficient (Wildman–Crippen LogP) is 8.55. The molecule has 0 unspecified atom stereocenters. The molecule has 0 bridgehead atoms. The van der Waals surface area contributed by atoms with Crippen LogP contribution in [0.3, 0.4) is 0 Å². The average Bonchev–Trinajstić information content (AvgIpc) is 3.32. The summed E-state index contributed by atoms with van der Waals surface area (Å²) < 4.78 is 19.0. The van der Waals surface area contributed by atoms with Gasteiger partial charge in [0.15, 0.2) is 16.7 Å². The Balaban J connectivity index is 1.30. The first-order valence-electron chi connectivity index (χ1n) is 12.9. The van der Waals surface area contributed by atoms with Gasteiger partial charge in [0.1, 0.15) is 19.0 Å². The molecule has 0 aliphatic carbocycles. The molecule has 1 fully saturated rings. The van der Waals surface area contributed by atoms with Crippen LogP contribution >= 0.6 is 39.3 Å². The lowest BCUT2D eigenvalue weighted by molar-refractivity contribution is -0.115. The quantitative estimate of drug-likeness (QED) is 0.174. The highest BCUT2D eigenvalue weighted by Gasteiger charge is 2.24. The molecule has 1 aliphatic heterocycles. The molecule has 0 saturated carbocycles. The van der Waals surface area contributed by atoms with Crippen LogP contribution in [0.25, 0.3) is 6.08 Å². The SMILES string of the molecule is CCOc1cc(COc2ccc(Br)cc2/C=C2/SC(=Nc3ccc(Cl)cc3)NC2=O)ccc1OCc1ccccc1. The second kappa shape index (κ2) is 13.8. The van der Waals surface area contributed by atoms with E-state index in [2.05, 4.69) is 26.2 Å². The molecule has 1 N–H and O–H groups in total. The zero-order valence-electron chi connectivity index (χ0n) is 22.1. The van der Waals surface area contributed by atoms with Crippen LogP contribution in [0.5, 0.6) is 17.2 Å². The Kier molecular flexibility index (Phi) is 9.67. The molecule has 208 valence electrons. The van der Waals surface area contributed by atoms with Crippen LogP contribution in [0, 0.1) is 0 Å². The molecule has 41 heavy (non-hydrogen) atoms. The number of carbonyl (C=O) groups excluding carboxylic acids is 1. The number of amidine groups is 1. The molecule has 5 rings (SSSR count). The Morgan fingerprint density at radius 1 is 0.854 bits per heavy atom. The summed E-state index contributed by atoms with van der Waals surface area (Å²) in [7, 11) is 0. The van der Waals surface area contributed by atoms with E-state index < -0.39 is 0 Å². The van der Waals surface area contributed by atoms with Gasteiger partial charge in [0.05, 0.1) is 17.2 Å². The second-order valence-electron chi connectivity index (χ2n) is 8.92. The summed E-state index contributed by atoms with van der Waals surface area (Å²) in [6.45, 7) is 3.21. The van der Waals surface area contributed by atoms with Crippen molar-refractivity contribution in [1.29, 1.82) is 0 Å². The lowest BCUT2D eigenvalue weighted by Gasteiger charge is -2.15. The van der Waals surface area contributed by atoms with Crippen LogP contribution in [0.1, 0.15) is 23.6 Å². The summed E-state index contributed by atoms with van der Waals surface area (Å²) in [6, 6.07) is 28.6. The molecule has 1 amide bonds. The highest BCUT2D eigenvalue weighted by molar-refractivity contribution is 9.10. The summed E-state index contributed by atoms with van der Waals surface area (Å²) in [6.07, 6.45) is 1.80. The number of halogens is 2. The van der Waals surface area contributed by atoms with E-state index in [1.807, 2.05) is 73.7 Å². The number of rotatable bonds is 10. The molecular formula is C32H26BrClN2O4S. The maximum atomic E-state index is 12.7. The zero-order chi connectivity index (χ0) is 28.6. The number of hydrogen-bond acceptors (Lipinski definition) is 6. The molecular weight excluding hydrogens is 624 g/mol. The largest absolute Gasteiger partial charge is 0.490 e. The van der Waals surface area contributed by atoms with E-state index >= 15 is 0 Å². The predicted molar refractivity (Wildman–Crippen MR) is 169 cm³/mol. The molecule has 1 heterocycles. The van der Waals surface area contributed by atoms with Crippen molar-refractivity contribution in [3.05, 3.63) is 122 Å². The number of amides is 1. The first-order valence-corrected chi connectivity index (χ1v) is 14.9. The van der Waals surface area contributed by atoms with E-state index in [1.54, 1.807) is 30.3 Å². The van der Waals surface area contributed by atoms with Crippen molar-refractivity contribution in [2.45, 2.75) is 20.1 Å². The van der Waals surface area contributed by atoms with Crippen molar-refractivity contribution < 1.29 is 19.0 Å². The van der Waals surface area contributed by atoms with Crippen LogP contribution in [0.4, 0.5) is 5.69 Å². The maximum absolute atomic E-state index is 12.7. The fourth-order valence-corrected chi connectivity index (χ4v) is 5.28. The zero-order valence-corrected chi connectivity index (χ0v) is 25.3. The second-order valence-corrected chi connectivity index (χ2v) is 11.3. The van der Waals surface area contributed by atoms with Crippen molar-refractivity contribution in [1.82, 2.24) is 5.32 Å². The van der Waals surface area contributed by atoms with E-state index in [4.69, 9.17) is 25.8 Å². The number of carbonyl (C=O) groups is 1. The first-order chi connectivity index (χ1) is 20.0. The van der Waals surface area contributed by atoms with Crippen molar-refractivity contribution in [2.24, 2.45) is 4.99 Å². The van der Waals surface area contributed by atoms with Gasteiger partial charge in [0.2, 0.25) is 0 Å². The smallest absolute Gasteiger partial charge is 0.264 e. The minimum Gasteiger partial charge on any atom is -0.490 e. The molecule has 9 heteroatoms. The minimum atomic E-state index is -0.221. The Morgan fingerprint density at radius 3 is 2.37 bits per heavy atom. The lowest BCUT2D eigenvalue weighted by atomic mass is 10.1. The van der Waals surface area contributed by atoms with E-state index in [1.165, 1.54) is 11.8 Å².